The normalized spacial score (nSPS) is 14.0. The number of methoxy groups -OCH3 is 2. The molecule has 7 nitrogen and oxygen atoms in total. The summed E-state index contributed by atoms with van der Waals surface area (Å²) in [7, 11) is 3.00. The zero-order valence-corrected chi connectivity index (χ0v) is 18.5. The van der Waals surface area contributed by atoms with Crippen LogP contribution in [0, 0.1) is 0 Å². The minimum atomic E-state index is -0.575. The SMILES string of the molecule is COc1ccc(C(=O)Oc2ccc(/C=C3\N=C(c4ccc(Cl)cc4)OC3=O)cc2OC)cc1. The molecule has 0 bridgehead atoms. The fraction of sp³-hybridized carbons (Fsp3) is 0.0800. The molecule has 0 atom stereocenters. The molecule has 0 aromatic heterocycles. The molecule has 33 heavy (non-hydrogen) atoms. The summed E-state index contributed by atoms with van der Waals surface area (Å²) in [4.78, 5) is 29.0. The molecule has 1 aliphatic heterocycles. The number of carbonyl (C=O) groups excluding carboxylic acids is 2. The third-order valence-corrected chi connectivity index (χ3v) is 4.98. The van der Waals surface area contributed by atoms with Crippen molar-refractivity contribution in [2.75, 3.05) is 14.2 Å². The van der Waals surface area contributed by atoms with Gasteiger partial charge in [-0.25, -0.2) is 14.6 Å². The number of cyclic esters (lactones) is 1. The van der Waals surface area contributed by atoms with E-state index in [9.17, 15) is 9.59 Å². The third kappa shape index (κ3) is 5.05. The van der Waals surface area contributed by atoms with Gasteiger partial charge in [0.15, 0.2) is 17.2 Å². The molecule has 1 heterocycles. The quantitative estimate of drug-likeness (QED) is 0.293. The van der Waals surface area contributed by atoms with Crippen molar-refractivity contribution in [3.8, 4) is 17.2 Å². The molecule has 0 radical (unpaired) electrons. The summed E-state index contributed by atoms with van der Waals surface area (Å²) in [5.41, 5.74) is 1.74. The molecule has 0 unspecified atom stereocenters. The lowest BCUT2D eigenvalue weighted by atomic mass is 10.1. The predicted molar refractivity (Wildman–Crippen MR) is 123 cm³/mol. The Morgan fingerprint density at radius 1 is 0.939 bits per heavy atom. The molecule has 8 heteroatoms. The van der Waals surface area contributed by atoms with Crippen LogP contribution in [0.4, 0.5) is 0 Å². The standard InChI is InChI=1S/C25H18ClNO6/c1-30-19-10-6-17(7-11-19)24(28)32-21-12-3-15(14-22(21)31-2)13-20-25(29)33-23(27-20)16-4-8-18(26)9-5-16/h3-14H,1-2H3/b20-13-. The van der Waals surface area contributed by atoms with E-state index in [1.807, 2.05) is 0 Å². The number of benzene rings is 3. The van der Waals surface area contributed by atoms with Gasteiger partial charge in [-0.1, -0.05) is 17.7 Å². The highest BCUT2D eigenvalue weighted by Gasteiger charge is 2.24. The average Bonchev–Trinajstić information content (AvgIpc) is 3.20. The fourth-order valence-corrected chi connectivity index (χ4v) is 3.15. The van der Waals surface area contributed by atoms with Crippen molar-refractivity contribution < 1.29 is 28.5 Å². The topological polar surface area (TPSA) is 83.4 Å². The number of aliphatic imine (C=N–C) groups is 1. The highest BCUT2D eigenvalue weighted by atomic mass is 35.5. The molecule has 3 aromatic rings. The molecule has 0 saturated heterocycles. The summed E-state index contributed by atoms with van der Waals surface area (Å²) in [6.07, 6.45) is 1.56. The van der Waals surface area contributed by atoms with Crippen molar-refractivity contribution in [3.05, 3.63) is 94.1 Å². The second kappa shape index (κ2) is 9.58. The number of ether oxygens (including phenoxy) is 4. The number of halogens is 1. The number of hydrogen-bond acceptors (Lipinski definition) is 7. The van der Waals surface area contributed by atoms with Gasteiger partial charge in [-0.15, -0.1) is 0 Å². The van der Waals surface area contributed by atoms with E-state index in [4.69, 9.17) is 30.5 Å². The molecular formula is C25H18ClNO6. The Hall–Kier alpha value is -4.10. The first-order valence-corrected chi connectivity index (χ1v) is 10.2. The molecule has 0 fully saturated rings. The van der Waals surface area contributed by atoms with Gasteiger partial charge in [-0.3, -0.25) is 0 Å². The van der Waals surface area contributed by atoms with Crippen LogP contribution >= 0.6 is 11.6 Å². The first kappa shape index (κ1) is 22.1. The van der Waals surface area contributed by atoms with Crippen LogP contribution in [-0.2, 0) is 9.53 Å². The Bertz CT molecular complexity index is 1260. The van der Waals surface area contributed by atoms with Gasteiger partial charge in [-0.2, -0.15) is 0 Å². The van der Waals surface area contributed by atoms with Gasteiger partial charge >= 0.3 is 11.9 Å². The van der Waals surface area contributed by atoms with Crippen LogP contribution in [0.1, 0.15) is 21.5 Å². The first-order chi connectivity index (χ1) is 16.0. The van der Waals surface area contributed by atoms with E-state index >= 15 is 0 Å². The Morgan fingerprint density at radius 3 is 2.33 bits per heavy atom. The van der Waals surface area contributed by atoms with Crippen LogP contribution in [0.15, 0.2) is 77.4 Å². The molecule has 0 aliphatic carbocycles. The van der Waals surface area contributed by atoms with Crippen molar-refractivity contribution in [1.29, 1.82) is 0 Å². The Balaban J connectivity index is 1.54. The van der Waals surface area contributed by atoms with Crippen molar-refractivity contribution in [3.63, 3.8) is 0 Å². The van der Waals surface area contributed by atoms with E-state index in [-0.39, 0.29) is 17.3 Å². The van der Waals surface area contributed by atoms with Gasteiger partial charge in [0, 0.05) is 10.6 Å². The van der Waals surface area contributed by atoms with Gasteiger partial charge in [0.1, 0.15) is 5.75 Å². The predicted octanol–water partition coefficient (Wildman–Crippen LogP) is 4.92. The molecule has 166 valence electrons. The zero-order chi connectivity index (χ0) is 23.4. The Morgan fingerprint density at radius 2 is 1.67 bits per heavy atom. The molecule has 4 rings (SSSR count). The van der Waals surface area contributed by atoms with Crippen LogP contribution in [0.2, 0.25) is 5.02 Å². The summed E-state index contributed by atoms with van der Waals surface area (Å²) in [6, 6.07) is 18.2. The van der Waals surface area contributed by atoms with Crippen molar-refractivity contribution in [1.82, 2.24) is 0 Å². The van der Waals surface area contributed by atoms with Gasteiger partial charge in [0.25, 0.3) is 0 Å². The van der Waals surface area contributed by atoms with Crippen LogP contribution in [0.3, 0.4) is 0 Å². The van der Waals surface area contributed by atoms with Gasteiger partial charge in [0.2, 0.25) is 5.90 Å². The van der Waals surface area contributed by atoms with E-state index in [1.165, 1.54) is 7.11 Å². The number of hydrogen-bond donors (Lipinski definition) is 0. The minimum absolute atomic E-state index is 0.130. The zero-order valence-electron chi connectivity index (χ0n) is 17.7. The maximum atomic E-state index is 12.5. The largest absolute Gasteiger partial charge is 0.497 e. The maximum absolute atomic E-state index is 12.5. The van der Waals surface area contributed by atoms with Crippen molar-refractivity contribution in [2.24, 2.45) is 4.99 Å². The summed E-state index contributed by atoms with van der Waals surface area (Å²) in [5.74, 6) is 0.264. The average molecular weight is 464 g/mol. The molecule has 1 aliphatic rings. The van der Waals surface area contributed by atoms with Gasteiger partial charge in [0.05, 0.1) is 19.8 Å². The highest BCUT2D eigenvalue weighted by molar-refractivity contribution is 6.30. The summed E-state index contributed by atoms with van der Waals surface area (Å²) < 4.78 is 21.2. The fourth-order valence-electron chi connectivity index (χ4n) is 3.03. The smallest absolute Gasteiger partial charge is 0.363 e. The summed E-state index contributed by atoms with van der Waals surface area (Å²) in [6.45, 7) is 0. The molecule has 0 spiro atoms. The number of esters is 2. The monoisotopic (exact) mass is 463 g/mol. The van der Waals surface area contributed by atoms with Crippen molar-refractivity contribution in [2.45, 2.75) is 0 Å². The van der Waals surface area contributed by atoms with Crippen LogP contribution in [0.5, 0.6) is 17.2 Å². The number of nitrogens with zero attached hydrogens (tertiary/aromatic N) is 1. The molecule has 0 saturated carbocycles. The Labute approximate surface area is 194 Å². The van der Waals surface area contributed by atoms with E-state index in [0.29, 0.717) is 33.2 Å². The summed E-state index contributed by atoms with van der Waals surface area (Å²) in [5, 5.41) is 0.569. The second-order valence-corrected chi connectivity index (χ2v) is 7.31. The van der Waals surface area contributed by atoms with Gasteiger partial charge < -0.3 is 18.9 Å². The number of rotatable bonds is 6. The van der Waals surface area contributed by atoms with E-state index in [0.717, 1.165) is 0 Å². The Kier molecular flexibility index (Phi) is 6.42. The van der Waals surface area contributed by atoms with Crippen LogP contribution in [-0.4, -0.2) is 32.1 Å². The third-order valence-electron chi connectivity index (χ3n) is 4.73. The van der Waals surface area contributed by atoms with Crippen LogP contribution in [0.25, 0.3) is 6.08 Å². The van der Waals surface area contributed by atoms with Gasteiger partial charge in [-0.05, 0) is 72.3 Å². The maximum Gasteiger partial charge on any atom is 0.363 e. The molecular weight excluding hydrogens is 446 g/mol. The highest BCUT2D eigenvalue weighted by Crippen LogP contribution is 2.30. The molecule has 0 amide bonds. The van der Waals surface area contributed by atoms with Crippen molar-refractivity contribution >= 4 is 35.5 Å². The lowest BCUT2D eigenvalue weighted by Gasteiger charge is -2.10. The lowest BCUT2D eigenvalue weighted by Crippen LogP contribution is -2.09. The lowest BCUT2D eigenvalue weighted by molar-refractivity contribution is -0.129. The molecule has 0 N–H and O–H groups in total. The van der Waals surface area contributed by atoms with E-state index < -0.39 is 11.9 Å². The first-order valence-electron chi connectivity index (χ1n) is 9.79. The van der Waals surface area contributed by atoms with Crippen LogP contribution < -0.4 is 14.2 Å². The van der Waals surface area contributed by atoms with E-state index in [2.05, 4.69) is 4.99 Å². The van der Waals surface area contributed by atoms with E-state index in [1.54, 1.807) is 79.9 Å². The minimum Gasteiger partial charge on any atom is -0.497 e. The number of carbonyl (C=O) groups is 2. The molecule has 3 aromatic carbocycles. The summed E-state index contributed by atoms with van der Waals surface area (Å²) >= 11 is 5.90. The second-order valence-electron chi connectivity index (χ2n) is 6.87.